The first-order valence-electron chi connectivity index (χ1n) is 4.36. The van der Waals surface area contributed by atoms with Crippen LogP contribution in [0, 0.1) is 5.92 Å². The Morgan fingerprint density at radius 1 is 1.27 bits per heavy atom. The molecule has 68 valence electrons. The zero-order valence-electron chi connectivity index (χ0n) is 7.66. The van der Waals surface area contributed by atoms with Gasteiger partial charge < -0.3 is 0 Å². The second-order valence-electron chi connectivity index (χ2n) is 3.56. The first kappa shape index (κ1) is 12.0. The minimum absolute atomic E-state index is 0.199. The molecule has 0 fully saturated rings. The van der Waals surface area contributed by atoms with Crippen molar-refractivity contribution in [3.63, 3.8) is 0 Å². The van der Waals surface area contributed by atoms with Crippen molar-refractivity contribution >= 4 is 31.9 Å². The third-order valence-electron chi connectivity index (χ3n) is 1.60. The summed E-state index contributed by atoms with van der Waals surface area (Å²) in [6.07, 6.45) is 4.99. The Morgan fingerprint density at radius 2 is 1.82 bits per heavy atom. The summed E-state index contributed by atoms with van der Waals surface area (Å²) in [7, 11) is 0. The van der Waals surface area contributed by atoms with Gasteiger partial charge in [-0.1, -0.05) is 65.5 Å². The average Bonchev–Trinajstić information content (AvgIpc) is 1.81. The molecule has 0 aromatic rings. The van der Waals surface area contributed by atoms with Gasteiger partial charge in [0.05, 0.1) is 3.23 Å². The van der Waals surface area contributed by atoms with E-state index >= 15 is 0 Å². The molecule has 0 bridgehead atoms. The highest BCUT2D eigenvalue weighted by atomic mass is 79.9. The Morgan fingerprint density at radius 3 is 2.18 bits per heavy atom. The Balaban J connectivity index is 3.61. The van der Waals surface area contributed by atoms with Crippen molar-refractivity contribution < 1.29 is 0 Å². The summed E-state index contributed by atoms with van der Waals surface area (Å²) in [4.78, 5) is 0. The van der Waals surface area contributed by atoms with E-state index in [1.54, 1.807) is 0 Å². The summed E-state index contributed by atoms with van der Waals surface area (Å²) >= 11 is 7.40. The molecule has 0 spiro atoms. The van der Waals surface area contributed by atoms with Gasteiger partial charge in [0.15, 0.2) is 0 Å². The number of hydrogen-bond acceptors (Lipinski definition) is 0. The van der Waals surface area contributed by atoms with Gasteiger partial charge in [-0.15, -0.1) is 0 Å². The maximum atomic E-state index is 3.70. The van der Waals surface area contributed by atoms with E-state index in [9.17, 15) is 0 Å². The molecule has 0 heterocycles. The molecule has 0 atom stereocenters. The fourth-order valence-corrected chi connectivity index (χ4v) is 2.99. The lowest BCUT2D eigenvalue weighted by atomic mass is 10.0. The van der Waals surface area contributed by atoms with Gasteiger partial charge >= 0.3 is 0 Å². The topological polar surface area (TPSA) is 0 Å². The zero-order valence-corrected chi connectivity index (χ0v) is 10.8. The summed E-state index contributed by atoms with van der Waals surface area (Å²) in [6, 6.07) is 0. The van der Waals surface area contributed by atoms with Crippen LogP contribution in [0.15, 0.2) is 0 Å². The van der Waals surface area contributed by atoms with Crippen molar-refractivity contribution in [1.82, 2.24) is 0 Å². The largest absolute Gasteiger partial charge is 0.0808 e. The molecule has 0 aliphatic rings. The van der Waals surface area contributed by atoms with E-state index in [0.29, 0.717) is 0 Å². The number of unbranched alkanes of at least 4 members (excludes halogenated alkanes) is 1. The van der Waals surface area contributed by atoms with E-state index < -0.39 is 0 Å². The monoisotopic (exact) mass is 284 g/mol. The van der Waals surface area contributed by atoms with Crippen LogP contribution >= 0.6 is 31.9 Å². The first-order valence-corrected chi connectivity index (χ1v) is 5.94. The van der Waals surface area contributed by atoms with E-state index in [1.807, 2.05) is 0 Å². The third kappa shape index (κ3) is 7.32. The highest BCUT2D eigenvalue weighted by Gasteiger charge is 2.22. The molecule has 0 aromatic heterocycles. The minimum atomic E-state index is 0.199. The summed E-state index contributed by atoms with van der Waals surface area (Å²) in [5.74, 6) is 0.755. The van der Waals surface area contributed by atoms with E-state index in [-0.39, 0.29) is 3.23 Å². The van der Waals surface area contributed by atoms with E-state index in [1.165, 1.54) is 25.7 Å². The van der Waals surface area contributed by atoms with Crippen molar-refractivity contribution in [3.05, 3.63) is 0 Å². The van der Waals surface area contributed by atoms with Crippen LogP contribution in [0.1, 0.15) is 46.5 Å². The molecule has 0 amide bonds. The van der Waals surface area contributed by atoms with Crippen LogP contribution in [0.25, 0.3) is 0 Å². The van der Waals surface area contributed by atoms with E-state index in [2.05, 4.69) is 52.6 Å². The Labute approximate surface area is 87.4 Å². The average molecular weight is 286 g/mol. The highest BCUT2D eigenvalue weighted by molar-refractivity contribution is 9.25. The molecule has 2 heteroatoms. The normalized spacial score (nSPS) is 12.5. The maximum absolute atomic E-state index is 3.70. The highest BCUT2D eigenvalue weighted by Crippen LogP contribution is 2.37. The van der Waals surface area contributed by atoms with Crippen molar-refractivity contribution in [2.24, 2.45) is 5.92 Å². The quantitative estimate of drug-likeness (QED) is 0.642. The standard InChI is InChI=1S/C9H18Br2/c1-4-5-6-9(10,11)7-8(2)3/h8H,4-7H2,1-3H3. The minimum Gasteiger partial charge on any atom is -0.0727 e. The molecule has 11 heavy (non-hydrogen) atoms. The predicted molar refractivity (Wildman–Crippen MR) is 59.6 cm³/mol. The predicted octanol–water partition coefficient (Wildman–Crippen LogP) is 4.71. The Kier molecular flexibility index (Phi) is 6.07. The maximum Gasteiger partial charge on any atom is 0.0808 e. The van der Waals surface area contributed by atoms with Gasteiger partial charge in [-0.3, -0.25) is 0 Å². The first-order chi connectivity index (χ1) is 4.98. The molecule has 0 saturated carbocycles. The Bertz CT molecular complexity index is 97.7. The Hall–Kier alpha value is 0.960. The molecule has 0 unspecified atom stereocenters. The van der Waals surface area contributed by atoms with Gasteiger partial charge in [-0.2, -0.15) is 0 Å². The fraction of sp³-hybridized carbons (Fsp3) is 1.00. The van der Waals surface area contributed by atoms with E-state index in [4.69, 9.17) is 0 Å². The van der Waals surface area contributed by atoms with Crippen molar-refractivity contribution in [1.29, 1.82) is 0 Å². The van der Waals surface area contributed by atoms with E-state index in [0.717, 1.165) is 5.92 Å². The summed E-state index contributed by atoms with van der Waals surface area (Å²) in [5.41, 5.74) is 0. The van der Waals surface area contributed by atoms with Crippen LogP contribution in [0.3, 0.4) is 0 Å². The van der Waals surface area contributed by atoms with Gasteiger partial charge in [0, 0.05) is 0 Å². The molecule has 0 rings (SSSR count). The lowest BCUT2D eigenvalue weighted by Crippen LogP contribution is -2.13. The van der Waals surface area contributed by atoms with Gasteiger partial charge in [0.25, 0.3) is 0 Å². The fourth-order valence-electron chi connectivity index (χ4n) is 1.13. The number of alkyl halides is 2. The molecule has 0 nitrogen and oxygen atoms in total. The van der Waals surface area contributed by atoms with Gasteiger partial charge in [0.1, 0.15) is 0 Å². The number of halogens is 2. The van der Waals surface area contributed by atoms with Crippen molar-refractivity contribution in [2.45, 2.75) is 49.7 Å². The second kappa shape index (κ2) is 5.58. The SMILES string of the molecule is CCCCC(Br)(Br)CC(C)C. The van der Waals surface area contributed by atoms with Gasteiger partial charge in [-0.05, 0) is 18.8 Å². The molecule has 0 aliphatic carbocycles. The molecular weight excluding hydrogens is 268 g/mol. The number of hydrogen-bond donors (Lipinski definition) is 0. The lowest BCUT2D eigenvalue weighted by Gasteiger charge is -2.22. The smallest absolute Gasteiger partial charge is 0.0727 e. The molecule has 0 aliphatic heterocycles. The van der Waals surface area contributed by atoms with Crippen LogP contribution in [0.2, 0.25) is 0 Å². The molecular formula is C9H18Br2. The summed E-state index contributed by atoms with van der Waals surface area (Å²) < 4.78 is 0.199. The van der Waals surface area contributed by atoms with Crippen LogP contribution in [-0.2, 0) is 0 Å². The summed E-state index contributed by atoms with van der Waals surface area (Å²) in [5, 5.41) is 0. The van der Waals surface area contributed by atoms with Crippen molar-refractivity contribution in [2.75, 3.05) is 0 Å². The van der Waals surface area contributed by atoms with Crippen LogP contribution < -0.4 is 0 Å². The molecule has 0 N–H and O–H groups in total. The third-order valence-corrected chi connectivity index (χ3v) is 3.04. The van der Waals surface area contributed by atoms with Crippen molar-refractivity contribution in [3.8, 4) is 0 Å². The zero-order chi connectivity index (χ0) is 8.91. The van der Waals surface area contributed by atoms with Gasteiger partial charge in [0.2, 0.25) is 0 Å². The molecule has 0 saturated heterocycles. The van der Waals surface area contributed by atoms with Crippen LogP contribution in [0.5, 0.6) is 0 Å². The molecule has 0 aromatic carbocycles. The second-order valence-corrected chi connectivity index (χ2v) is 7.66. The summed E-state index contributed by atoms with van der Waals surface area (Å²) in [6.45, 7) is 6.73. The van der Waals surface area contributed by atoms with Crippen LogP contribution in [-0.4, -0.2) is 3.23 Å². The van der Waals surface area contributed by atoms with Crippen LogP contribution in [0.4, 0.5) is 0 Å². The number of rotatable bonds is 5. The van der Waals surface area contributed by atoms with Gasteiger partial charge in [-0.25, -0.2) is 0 Å². The molecule has 0 radical (unpaired) electrons. The lowest BCUT2D eigenvalue weighted by molar-refractivity contribution is 0.523.